The standard InChI is InChI=1S/C65H53N/c1-64(2,3)45-35-36-65(4)60(38-45)59-37-44(29-34-61(59)66(65)46-23-9-6-10-24-46)56-40-58(50-28-16-22-42-20-12-14-26-48(42)50)54-32-30-51-55(43-17-7-5-8-18-43)39-57(53-33-31-52(56)63(54)62(51)53)49-27-15-21-41-19-11-13-25-47(41)49/h5-34,37,39-40,45,60H,35-36,38H2,1-4H3. The Kier molecular flexibility index (Phi) is 8.69. The van der Waals surface area contributed by atoms with Crippen molar-refractivity contribution in [2.45, 2.75) is 58.4 Å². The molecule has 0 N–H and O–H groups in total. The fourth-order valence-electron chi connectivity index (χ4n) is 12.8. The van der Waals surface area contributed by atoms with Gasteiger partial charge in [0, 0.05) is 22.8 Å². The van der Waals surface area contributed by atoms with Gasteiger partial charge in [0.2, 0.25) is 0 Å². The van der Waals surface area contributed by atoms with Crippen LogP contribution in [0.4, 0.5) is 11.4 Å². The van der Waals surface area contributed by atoms with Gasteiger partial charge in [0.15, 0.2) is 0 Å². The molecule has 2 aliphatic rings. The van der Waals surface area contributed by atoms with Crippen LogP contribution in [0, 0.1) is 11.3 Å². The van der Waals surface area contributed by atoms with Crippen molar-refractivity contribution >= 4 is 65.2 Å². The summed E-state index contributed by atoms with van der Waals surface area (Å²) in [7, 11) is 0. The molecule has 13 rings (SSSR count). The van der Waals surface area contributed by atoms with Crippen LogP contribution in [0.1, 0.15) is 58.4 Å². The lowest BCUT2D eigenvalue weighted by atomic mass is 9.62. The highest BCUT2D eigenvalue weighted by Crippen LogP contribution is 2.61. The molecule has 318 valence electrons. The van der Waals surface area contributed by atoms with Gasteiger partial charge in [-0.2, -0.15) is 0 Å². The molecule has 1 fully saturated rings. The first kappa shape index (κ1) is 39.2. The molecule has 0 aromatic heterocycles. The van der Waals surface area contributed by atoms with Crippen LogP contribution in [0.5, 0.6) is 0 Å². The molecule has 0 radical (unpaired) electrons. The molecule has 3 unspecified atom stereocenters. The van der Waals surface area contributed by atoms with Gasteiger partial charge in [-0.1, -0.05) is 185 Å². The average molecular weight is 848 g/mol. The van der Waals surface area contributed by atoms with E-state index in [9.17, 15) is 0 Å². The van der Waals surface area contributed by atoms with Crippen molar-refractivity contribution in [3.63, 3.8) is 0 Å². The van der Waals surface area contributed by atoms with E-state index in [2.05, 4.69) is 233 Å². The number of anilines is 2. The number of fused-ring (bicyclic) bond motifs is 5. The molecule has 3 atom stereocenters. The first-order chi connectivity index (χ1) is 32.2. The van der Waals surface area contributed by atoms with Gasteiger partial charge in [0.05, 0.1) is 0 Å². The van der Waals surface area contributed by atoms with Crippen molar-refractivity contribution < 1.29 is 0 Å². The molecule has 0 bridgehead atoms. The van der Waals surface area contributed by atoms with E-state index in [1.807, 2.05) is 0 Å². The zero-order chi connectivity index (χ0) is 44.3. The van der Waals surface area contributed by atoms with Gasteiger partial charge in [-0.05, 0) is 178 Å². The van der Waals surface area contributed by atoms with Gasteiger partial charge in [-0.25, -0.2) is 0 Å². The largest absolute Gasteiger partial charge is 0.335 e. The number of nitrogens with zero attached hydrogens (tertiary/aromatic N) is 1. The normalized spacial score (nSPS) is 18.5. The molecule has 1 heteroatoms. The number of para-hydroxylation sites is 1. The second-order valence-electron chi connectivity index (χ2n) is 20.6. The van der Waals surface area contributed by atoms with E-state index in [4.69, 9.17) is 0 Å². The average Bonchev–Trinajstić information content (AvgIpc) is 3.62. The summed E-state index contributed by atoms with van der Waals surface area (Å²) >= 11 is 0. The van der Waals surface area contributed by atoms with E-state index in [-0.39, 0.29) is 11.0 Å². The minimum Gasteiger partial charge on any atom is -0.335 e. The van der Waals surface area contributed by atoms with Crippen LogP contribution in [0.3, 0.4) is 0 Å². The minimum atomic E-state index is -0.00726. The molecular formula is C65H53N. The summed E-state index contributed by atoms with van der Waals surface area (Å²) in [5.41, 5.74) is 14.6. The maximum atomic E-state index is 2.71. The summed E-state index contributed by atoms with van der Waals surface area (Å²) in [5, 5.41) is 12.9. The summed E-state index contributed by atoms with van der Waals surface area (Å²) in [6.45, 7) is 9.91. The lowest BCUT2D eigenvalue weighted by molar-refractivity contribution is 0.127. The second kappa shape index (κ2) is 14.6. The number of benzene rings is 11. The zero-order valence-corrected chi connectivity index (χ0v) is 38.3. The lowest BCUT2D eigenvalue weighted by Gasteiger charge is -2.49. The summed E-state index contributed by atoms with van der Waals surface area (Å²) in [6, 6.07) is 75.9. The van der Waals surface area contributed by atoms with Gasteiger partial charge in [-0.3, -0.25) is 0 Å². The van der Waals surface area contributed by atoms with Gasteiger partial charge in [-0.15, -0.1) is 0 Å². The maximum Gasteiger partial charge on any atom is 0.0492 e. The van der Waals surface area contributed by atoms with Crippen LogP contribution in [0.2, 0.25) is 0 Å². The molecule has 66 heavy (non-hydrogen) atoms. The quantitative estimate of drug-likeness (QED) is 0.156. The third kappa shape index (κ3) is 5.85. The highest BCUT2D eigenvalue weighted by molar-refractivity contribution is 6.32. The van der Waals surface area contributed by atoms with Crippen molar-refractivity contribution in [3.05, 3.63) is 206 Å². The highest BCUT2D eigenvalue weighted by atomic mass is 15.2. The van der Waals surface area contributed by atoms with Crippen LogP contribution in [0.25, 0.3) is 98.4 Å². The van der Waals surface area contributed by atoms with E-state index >= 15 is 0 Å². The summed E-state index contributed by atoms with van der Waals surface area (Å²) < 4.78 is 0. The molecule has 0 saturated heterocycles. The minimum absolute atomic E-state index is 0.00726. The Morgan fingerprint density at radius 2 is 0.939 bits per heavy atom. The molecule has 11 aromatic rings. The number of hydrogen-bond donors (Lipinski definition) is 0. The van der Waals surface area contributed by atoms with Crippen molar-refractivity contribution in [2.75, 3.05) is 4.90 Å². The lowest BCUT2D eigenvalue weighted by Crippen LogP contribution is -2.48. The molecule has 1 saturated carbocycles. The Bertz CT molecular complexity index is 3680. The van der Waals surface area contributed by atoms with E-state index in [0.717, 1.165) is 0 Å². The Balaban J connectivity index is 1.14. The Morgan fingerprint density at radius 3 is 1.52 bits per heavy atom. The third-order valence-electron chi connectivity index (χ3n) is 16.1. The Hall–Kier alpha value is -7.22. The van der Waals surface area contributed by atoms with Gasteiger partial charge in [0.1, 0.15) is 0 Å². The van der Waals surface area contributed by atoms with Crippen LogP contribution >= 0.6 is 0 Å². The van der Waals surface area contributed by atoms with E-state index in [0.29, 0.717) is 11.8 Å². The third-order valence-corrected chi connectivity index (χ3v) is 16.1. The van der Waals surface area contributed by atoms with E-state index in [1.54, 1.807) is 0 Å². The first-order valence-electron chi connectivity index (χ1n) is 24.0. The molecule has 1 aliphatic heterocycles. The molecule has 1 nitrogen and oxygen atoms in total. The molecule has 11 aromatic carbocycles. The predicted octanol–water partition coefficient (Wildman–Crippen LogP) is 18.4. The van der Waals surface area contributed by atoms with Crippen LogP contribution in [-0.4, -0.2) is 5.54 Å². The van der Waals surface area contributed by atoms with Gasteiger partial charge < -0.3 is 4.90 Å². The van der Waals surface area contributed by atoms with Crippen LogP contribution in [-0.2, 0) is 0 Å². The van der Waals surface area contributed by atoms with E-state index in [1.165, 1.54) is 135 Å². The molecule has 1 aliphatic carbocycles. The number of rotatable bonds is 5. The molecule has 1 heterocycles. The summed E-state index contributed by atoms with van der Waals surface area (Å²) in [5.74, 6) is 1.07. The summed E-state index contributed by atoms with van der Waals surface area (Å²) in [4.78, 5) is 2.71. The Morgan fingerprint density at radius 1 is 0.439 bits per heavy atom. The summed E-state index contributed by atoms with van der Waals surface area (Å²) in [6.07, 6.45) is 3.61. The topological polar surface area (TPSA) is 3.24 Å². The van der Waals surface area contributed by atoms with Gasteiger partial charge in [0.25, 0.3) is 0 Å². The smallest absolute Gasteiger partial charge is 0.0492 e. The van der Waals surface area contributed by atoms with E-state index < -0.39 is 0 Å². The van der Waals surface area contributed by atoms with Crippen LogP contribution in [0.15, 0.2) is 200 Å². The van der Waals surface area contributed by atoms with Crippen molar-refractivity contribution in [1.82, 2.24) is 0 Å². The first-order valence-corrected chi connectivity index (χ1v) is 24.0. The van der Waals surface area contributed by atoms with Gasteiger partial charge >= 0.3 is 0 Å². The monoisotopic (exact) mass is 847 g/mol. The zero-order valence-electron chi connectivity index (χ0n) is 38.3. The highest BCUT2D eigenvalue weighted by Gasteiger charge is 2.53. The van der Waals surface area contributed by atoms with Crippen molar-refractivity contribution in [3.8, 4) is 44.5 Å². The van der Waals surface area contributed by atoms with Crippen molar-refractivity contribution in [2.24, 2.45) is 11.3 Å². The molecule has 0 spiro atoms. The molecular weight excluding hydrogens is 795 g/mol. The predicted molar refractivity (Wildman–Crippen MR) is 283 cm³/mol. The fourth-order valence-corrected chi connectivity index (χ4v) is 12.8. The fraction of sp³-hybridized carbons (Fsp3) is 0.169. The second-order valence-corrected chi connectivity index (χ2v) is 20.6. The maximum absolute atomic E-state index is 2.71. The SMILES string of the molecule is CC(C)(C)C1CCC2(C)C(C1)c1cc(-c3cc(-c4cccc5ccccc45)c4ccc5c(-c6ccccc6)cc(-c6cccc7ccccc67)c6ccc3c4c56)ccc1N2c1ccccc1. The Labute approximate surface area is 388 Å². The van der Waals surface area contributed by atoms with Crippen molar-refractivity contribution in [1.29, 1.82) is 0 Å². The number of hydrogen-bond acceptors (Lipinski definition) is 1. The molecule has 0 amide bonds. The van der Waals surface area contributed by atoms with Crippen LogP contribution < -0.4 is 4.90 Å².